The Balaban J connectivity index is 1.66. The maximum absolute atomic E-state index is 12.8. The molecular formula is C20H22FNO5. The molecule has 0 radical (unpaired) electrons. The van der Waals surface area contributed by atoms with Crippen LogP contribution in [0.3, 0.4) is 0 Å². The zero-order valence-electron chi connectivity index (χ0n) is 15.2. The minimum absolute atomic E-state index is 0.338. The van der Waals surface area contributed by atoms with Crippen LogP contribution in [0.4, 0.5) is 4.39 Å². The predicted molar refractivity (Wildman–Crippen MR) is 97.2 cm³/mol. The number of esters is 1. The van der Waals surface area contributed by atoms with Crippen LogP contribution >= 0.6 is 0 Å². The molecule has 2 rings (SSSR count). The van der Waals surface area contributed by atoms with E-state index >= 15 is 0 Å². The summed E-state index contributed by atoms with van der Waals surface area (Å²) in [7, 11) is 1.60. The van der Waals surface area contributed by atoms with Crippen molar-refractivity contribution in [1.29, 1.82) is 0 Å². The fourth-order valence-electron chi connectivity index (χ4n) is 2.21. The normalized spacial score (nSPS) is 11.4. The SMILES string of the molecule is COc1ccc(CCNC(=O)COC(=O)[C@H](C)Oc2ccc(F)cc2)cc1. The maximum atomic E-state index is 12.8. The second-order valence-electron chi connectivity index (χ2n) is 5.77. The van der Waals surface area contributed by atoms with Crippen molar-refractivity contribution in [3.63, 3.8) is 0 Å². The standard InChI is InChI=1S/C20H22FNO5/c1-14(27-18-9-5-16(21)6-10-18)20(24)26-13-19(23)22-12-11-15-3-7-17(25-2)8-4-15/h3-10,14H,11-13H2,1-2H3,(H,22,23)/t14-/m0/s1. The van der Waals surface area contributed by atoms with Crippen LogP contribution in [0.1, 0.15) is 12.5 Å². The average molecular weight is 375 g/mol. The van der Waals surface area contributed by atoms with E-state index in [1.807, 2.05) is 24.3 Å². The Morgan fingerprint density at radius 2 is 1.67 bits per heavy atom. The van der Waals surface area contributed by atoms with Crippen LogP contribution in [-0.2, 0) is 20.7 Å². The number of hydrogen-bond acceptors (Lipinski definition) is 5. The molecule has 144 valence electrons. The first-order valence-electron chi connectivity index (χ1n) is 8.46. The van der Waals surface area contributed by atoms with Gasteiger partial charge in [0.05, 0.1) is 7.11 Å². The van der Waals surface area contributed by atoms with Crippen LogP contribution in [-0.4, -0.2) is 38.2 Å². The summed E-state index contributed by atoms with van der Waals surface area (Å²) in [6.07, 6.45) is -0.268. The van der Waals surface area contributed by atoms with E-state index in [2.05, 4.69) is 5.32 Å². The third-order valence-electron chi connectivity index (χ3n) is 3.70. The number of nitrogens with one attached hydrogen (secondary N) is 1. The Kier molecular flexibility index (Phi) is 7.61. The van der Waals surface area contributed by atoms with Crippen LogP contribution in [0.15, 0.2) is 48.5 Å². The van der Waals surface area contributed by atoms with E-state index in [0.29, 0.717) is 18.7 Å². The molecule has 1 amide bonds. The Bertz CT molecular complexity index is 746. The fourth-order valence-corrected chi connectivity index (χ4v) is 2.21. The van der Waals surface area contributed by atoms with Crippen molar-refractivity contribution in [2.24, 2.45) is 0 Å². The lowest BCUT2D eigenvalue weighted by Gasteiger charge is -2.14. The van der Waals surface area contributed by atoms with Crippen molar-refractivity contribution in [2.45, 2.75) is 19.4 Å². The third kappa shape index (κ3) is 6.97. The van der Waals surface area contributed by atoms with Gasteiger partial charge in [-0.3, -0.25) is 4.79 Å². The van der Waals surface area contributed by atoms with Gasteiger partial charge in [-0.15, -0.1) is 0 Å². The summed E-state index contributed by atoms with van der Waals surface area (Å²) >= 11 is 0. The van der Waals surface area contributed by atoms with Gasteiger partial charge in [0.2, 0.25) is 0 Å². The molecule has 0 unspecified atom stereocenters. The molecule has 2 aromatic rings. The average Bonchev–Trinajstić information content (AvgIpc) is 2.68. The molecule has 2 aromatic carbocycles. The van der Waals surface area contributed by atoms with E-state index in [4.69, 9.17) is 14.2 Å². The number of benzene rings is 2. The van der Waals surface area contributed by atoms with E-state index in [1.165, 1.54) is 31.2 Å². The highest BCUT2D eigenvalue weighted by Crippen LogP contribution is 2.13. The van der Waals surface area contributed by atoms with Crippen molar-refractivity contribution >= 4 is 11.9 Å². The highest BCUT2D eigenvalue weighted by molar-refractivity contribution is 5.81. The number of carbonyl (C=O) groups is 2. The zero-order chi connectivity index (χ0) is 19.6. The summed E-state index contributed by atoms with van der Waals surface area (Å²) in [5.41, 5.74) is 1.05. The van der Waals surface area contributed by atoms with Crippen LogP contribution in [0.5, 0.6) is 11.5 Å². The molecule has 0 heterocycles. The van der Waals surface area contributed by atoms with Crippen molar-refractivity contribution in [2.75, 3.05) is 20.3 Å². The van der Waals surface area contributed by atoms with Crippen molar-refractivity contribution in [3.05, 3.63) is 59.9 Å². The van der Waals surface area contributed by atoms with Crippen molar-refractivity contribution < 1.29 is 28.2 Å². The van der Waals surface area contributed by atoms with E-state index < -0.39 is 30.4 Å². The van der Waals surface area contributed by atoms with Crippen LogP contribution in [0, 0.1) is 5.82 Å². The molecule has 0 spiro atoms. The molecular weight excluding hydrogens is 353 g/mol. The number of ether oxygens (including phenoxy) is 3. The molecule has 7 heteroatoms. The van der Waals surface area contributed by atoms with Gasteiger partial charge in [0.25, 0.3) is 5.91 Å². The van der Waals surface area contributed by atoms with E-state index in [-0.39, 0.29) is 0 Å². The predicted octanol–water partition coefficient (Wildman–Crippen LogP) is 2.50. The summed E-state index contributed by atoms with van der Waals surface area (Å²) in [5.74, 6) is -0.365. The van der Waals surface area contributed by atoms with Gasteiger partial charge in [0, 0.05) is 6.54 Å². The third-order valence-corrected chi connectivity index (χ3v) is 3.70. The molecule has 0 aliphatic carbocycles. The number of rotatable bonds is 9. The first-order valence-corrected chi connectivity index (χ1v) is 8.46. The van der Waals surface area contributed by atoms with Crippen molar-refractivity contribution in [1.82, 2.24) is 5.32 Å². The van der Waals surface area contributed by atoms with Gasteiger partial charge < -0.3 is 19.5 Å². The van der Waals surface area contributed by atoms with Gasteiger partial charge in [-0.2, -0.15) is 0 Å². The lowest BCUT2D eigenvalue weighted by Crippen LogP contribution is -2.33. The van der Waals surface area contributed by atoms with Crippen LogP contribution < -0.4 is 14.8 Å². The molecule has 1 N–H and O–H groups in total. The number of halogens is 1. The number of hydrogen-bond donors (Lipinski definition) is 1. The smallest absolute Gasteiger partial charge is 0.347 e. The molecule has 0 aliphatic rings. The summed E-state index contributed by atoms with van der Waals surface area (Å²) in [6, 6.07) is 12.8. The molecule has 1 atom stereocenters. The number of carbonyl (C=O) groups excluding carboxylic acids is 2. The van der Waals surface area contributed by atoms with Gasteiger partial charge in [0.1, 0.15) is 17.3 Å². The minimum Gasteiger partial charge on any atom is -0.497 e. The quantitative estimate of drug-likeness (QED) is 0.682. The molecule has 0 saturated heterocycles. The molecule has 0 fully saturated rings. The van der Waals surface area contributed by atoms with Gasteiger partial charge in [-0.1, -0.05) is 12.1 Å². The molecule has 6 nitrogen and oxygen atoms in total. The van der Waals surface area contributed by atoms with Crippen molar-refractivity contribution in [3.8, 4) is 11.5 Å². The maximum Gasteiger partial charge on any atom is 0.347 e. The molecule has 0 bridgehead atoms. The Labute approximate surface area is 157 Å². The van der Waals surface area contributed by atoms with Gasteiger partial charge >= 0.3 is 5.97 Å². The topological polar surface area (TPSA) is 73.9 Å². The zero-order valence-corrected chi connectivity index (χ0v) is 15.2. The highest BCUT2D eigenvalue weighted by atomic mass is 19.1. The second kappa shape index (κ2) is 10.2. The Morgan fingerprint density at radius 3 is 2.30 bits per heavy atom. The Hall–Kier alpha value is -3.09. The summed E-state index contributed by atoms with van der Waals surface area (Å²) in [4.78, 5) is 23.6. The first-order chi connectivity index (χ1) is 13.0. The van der Waals surface area contributed by atoms with Crippen LogP contribution in [0.25, 0.3) is 0 Å². The number of amides is 1. The molecule has 0 aliphatic heterocycles. The van der Waals surface area contributed by atoms with Crippen LogP contribution in [0.2, 0.25) is 0 Å². The van der Waals surface area contributed by atoms with E-state index in [0.717, 1.165) is 11.3 Å². The lowest BCUT2D eigenvalue weighted by atomic mass is 10.1. The summed E-state index contributed by atoms with van der Waals surface area (Å²) in [5, 5.41) is 2.68. The minimum atomic E-state index is -0.914. The van der Waals surface area contributed by atoms with E-state index in [1.54, 1.807) is 7.11 Å². The summed E-state index contributed by atoms with van der Waals surface area (Å²) < 4.78 is 28.2. The first kappa shape index (κ1) is 20.2. The molecule has 0 aromatic heterocycles. The van der Waals surface area contributed by atoms with E-state index in [9.17, 15) is 14.0 Å². The second-order valence-corrected chi connectivity index (χ2v) is 5.77. The molecule has 27 heavy (non-hydrogen) atoms. The number of methoxy groups -OCH3 is 1. The van der Waals surface area contributed by atoms with Gasteiger partial charge in [-0.05, 0) is 55.3 Å². The lowest BCUT2D eigenvalue weighted by molar-refractivity contribution is -0.154. The monoisotopic (exact) mass is 375 g/mol. The Morgan fingerprint density at radius 1 is 1.04 bits per heavy atom. The largest absolute Gasteiger partial charge is 0.497 e. The molecule has 0 saturated carbocycles. The fraction of sp³-hybridized carbons (Fsp3) is 0.300. The summed E-state index contributed by atoms with van der Waals surface area (Å²) in [6.45, 7) is 1.52. The van der Waals surface area contributed by atoms with Gasteiger partial charge in [-0.25, -0.2) is 9.18 Å². The highest BCUT2D eigenvalue weighted by Gasteiger charge is 2.17. The van der Waals surface area contributed by atoms with Gasteiger partial charge in [0.15, 0.2) is 12.7 Å².